The highest BCUT2D eigenvalue weighted by molar-refractivity contribution is 5.65. The molecule has 2 aliphatic rings. The van der Waals surface area contributed by atoms with E-state index in [1.165, 1.54) is 17.3 Å². The van der Waals surface area contributed by atoms with Crippen molar-refractivity contribution in [3.8, 4) is 5.88 Å². The van der Waals surface area contributed by atoms with Gasteiger partial charge in [0, 0.05) is 44.7 Å². The maximum absolute atomic E-state index is 14.7. The van der Waals surface area contributed by atoms with Gasteiger partial charge in [-0.2, -0.15) is 0 Å². The lowest BCUT2D eigenvalue weighted by Crippen LogP contribution is -2.41. The Labute approximate surface area is 179 Å². The number of aromatic nitrogens is 2. The Kier molecular flexibility index (Phi) is 6.36. The minimum atomic E-state index is -0.912. The van der Waals surface area contributed by atoms with E-state index in [9.17, 15) is 9.18 Å². The van der Waals surface area contributed by atoms with Crippen molar-refractivity contribution in [3.05, 3.63) is 35.9 Å². The molecule has 3 heterocycles. The molecule has 1 aromatic heterocycles. The van der Waals surface area contributed by atoms with Crippen molar-refractivity contribution in [1.82, 2.24) is 14.9 Å². The van der Waals surface area contributed by atoms with Crippen molar-refractivity contribution in [2.75, 3.05) is 49.6 Å². The number of ether oxygens (including phenoxy) is 2. The van der Waals surface area contributed by atoms with Gasteiger partial charge < -0.3 is 29.7 Å². The second kappa shape index (κ2) is 9.34. The molecule has 0 atom stereocenters. The molecular formula is C21H26FN5O4. The number of likely N-dealkylation sites (tertiary alicyclic amines) is 1. The number of carbonyl (C=O) groups is 1. The molecule has 2 fully saturated rings. The van der Waals surface area contributed by atoms with E-state index in [-0.39, 0.29) is 11.9 Å². The van der Waals surface area contributed by atoms with Gasteiger partial charge in [-0.15, -0.1) is 0 Å². The Morgan fingerprint density at radius 1 is 1.23 bits per heavy atom. The van der Waals surface area contributed by atoms with Crippen LogP contribution >= 0.6 is 0 Å². The zero-order chi connectivity index (χ0) is 21.8. The first-order valence-electron chi connectivity index (χ1n) is 10.4. The normalized spacial score (nSPS) is 17.5. The van der Waals surface area contributed by atoms with E-state index in [4.69, 9.17) is 14.6 Å². The summed E-state index contributed by atoms with van der Waals surface area (Å²) >= 11 is 0. The van der Waals surface area contributed by atoms with Crippen LogP contribution in [-0.2, 0) is 4.74 Å². The number of anilines is 3. The summed E-state index contributed by atoms with van der Waals surface area (Å²) in [6.07, 6.45) is 1.52. The van der Waals surface area contributed by atoms with E-state index in [1.807, 2.05) is 13.0 Å². The molecule has 10 heteroatoms. The lowest BCUT2D eigenvalue weighted by molar-refractivity contribution is 0.0866. The van der Waals surface area contributed by atoms with Gasteiger partial charge in [-0.25, -0.2) is 19.2 Å². The topological polar surface area (TPSA) is 100 Å². The third kappa shape index (κ3) is 4.96. The lowest BCUT2D eigenvalue weighted by Gasteiger charge is -2.30. The Bertz CT molecular complexity index is 930. The molecule has 0 bridgehead atoms. The van der Waals surface area contributed by atoms with Gasteiger partial charge in [-0.3, -0.25) is 0 Å². The van der Waals surface area contributed by atoms with Crippen LogP contribution in [0.3, 0.4) is 0 Å². The van der Waals surface area contributed by atoms with E-state index in [0.717, 1.165) is 18.8 Å². The standard InChI is InChI=1S/C21H26FN5O4/c1-14-19(23-13-24-20(14)31-16-4-6-27(7-5-16)21(28)29)25-18-3-2-15(12-17(18)22)26-8-10-30-11-9-26/h2-3,12-13,16H,4-11H2,1H3,(H,28,29)(H,23,24,25). The number of morpholine rings is 1. The number of rotatable bonds is 5. The molecule has 1 amide bonds. The number of benzene rings is 1. The summed E-state index contributed by atoms with van der Waals surface area (Å²) in [5, 5.41) is 12.1. The minimum Gasteiger partial charge on any atom is -0.474 e. The van der Waals surface area contributed by atoms with Crippen LogP contribution in [0.15, 0.2) is 24.5 Å². The summed E-state index contributed by atoms with van der Waals surface area (Å²) < 4.78 is 26.1. The van der Waals surface area contributed by atoms with Gasteiger partial charge in [0.25, 0.3) is 0 Å². The molecule has 1 aromatic carbocycles. The highest BCUT2D eigenvalue weighted by Crippen LogP contribution is 2.29. The first kappa shape index (κ1) is 21.1. The predicted molar refractivity (Wildman–Crippen MR) is 113 cm³/mol. The molecule has 2 aromatic rings. The molecule has 2 saturated heterocycles. The van der Waals surface area contributed by atoms with Gasteiger partial charge in [0.2, 0.25) is 5.88 Å². The predicted octanol–water partition coefficient (Wildman–Crippen LogP) is 3.03. The lowest BCUT2D eigenvalue weighted by atomic mass is 10.1. The van der Waals surface area contributed by atoms with Crippen LogP contribution in [0, 0.1) is 12.7 Å². The van der Waals surface area contributed by atoms with Crippen molar-refractivity contribution >= 4 is 23.3 Å². The number of nitrogens with one attached hydrogen (secondary N) is 1. The van der Waals surface area contributed by atoms with E-state index in [1.54, 1.807) is 6.07 Å². The summed E-state index contributed by atoms with van der Waals surface area (Å²) in [4.78, 5) is 23.0. The van der Waals surface area contributed by atoms with Crippen LogP contribution in [0.2, 0.25) is 0 Å². The molecule has 166 valence electrons. The fraction of sp³-hybridized carbons (Fsp3) is 0.476. The molecule has 2 N–H and O–H groups in total. The van der Waals surface area contributed by atoms with Crippen molar-refractivity contribution in [2.24, 2.45) is 0 Å². The zero-order valence-electron chi connectivity index (χ0n) is 17.4. The summed E-state index contributed by atoms with van der Waals surface area (Å²) in [5.74, 6) is 0.508. The monoisotopic (exact) mass is 431 g/mol. The third-order valence-corrected chi connectivity index (χ3v) is 5.61. The summed E-state index contributed by atoms with van der Waals surface area (Å²) in [6, 6.07) is 5.09. The van der Waals surface area contributed by atoms with Gasteiger partial charge in [0.15, 0.2) is 0 Å². The van der Waals surface area contributed by atoms with Gasteiger partial charge >= 0.3 is 6.09 Å². The first-order valence-corrected chi connectivity index (χ1v) is 10.4. The van der Waals surface area contributed by atoms with Gasteiger partial charge in [-0.1, -0.05) is 0 Å². The van der Waals surface area contributed by atoms with Gasteiger partial charge in [0.05, 0.1) is 24.5 Å². The van der Waals surface area contributed by atoms with Crippen LogP contribution in [-0.4, -0.2) is 71.6 Å². The Morgan fingerprint density at radius 3 is 2.65 bits per heavy atom. The third-order valence-electron chi connectivity index (χ3n) is 5.61. The molecular weight excluding hydrogens is 405 g/mol. The number of nitrogens with zero attached hydrogens (tertiary/aromatic N) is 4. The van der Waals surface area contributed by atoms with Crippen molar-refractivity contribution in [1.29, 1.82) is 0 Å². The highest BCUT2D eigenvalue weighted by atomic mass is 19.1. The largest absolute Gasteiger partial charge is 0.474 e. The molecule has 0 saturated carbocycles. The maximum atomic E-state index is 14.7. The SMILES string of the molecule is Cc1c(Nc2ccc(N3CCOCC3)cc2F)ncnc1OC1CCN(C(=O)O)CC1. The van der Waals surface area contributed by atoms with Crippen LogP contribution in [0.25, 0.3) is 0 Å². The Balaban J connectivity index is 1.43. The first-order chi connectivity index (χ1) is 15.0. The molecule has 31 heavy (non-hydrogen) atoms. The van der Waals surface area contributed by atoms with E-state index >= 15 is 0 Å². The number of amides is 1. The molecule has 9 nitrogen and oxygen atoms in total. The van der Waals surface area contributed by atoms with E-state index < -0.39 is 6.09 Å². The second-order valence-electron chi connectivity index (χ2n) is 7.63. The fourth-order valence-corrected chi connectivity index (χ4v) is 3.75. The molecule has 0 aliphatic carbocycles. The molecule has 0 unspecified atom stereocenters. The average molecular weight is 431 g/mol. The number of hydrogen-bond acceptors (Lipinski definition) is 7. The number of carboxylic acid groups (broad SMARTS) is 1. The van der Waals surface area contributed by atoms with Crippen molar-refractivity contribution in [2.45, 2.75) is 25.9 Å². The van der Waals surface area contributed by atoms with Gasteiger partial charge in [-0.05, 0) is 25.1 Å². The quantitative estimate of drug-likeness (QED) is 0.745. The zero-order valence-corrected chi connectivity index (χ0v) is 17.4. The smallest absolute Gasteiger partial charge is 0.407 e. The Hall–Kier alpha value is -3.14. The van der Waals surface area contributed by atoms with Crippen LogP contribution in [0.5, 0.6) is 5.88 Å². The Morgan fingerprint density at radius 2 is 1.97 bits per heavy atom. The van der Waals surface area contributed by atoms with Crippen molar-refractivity contribution < 1.29 is 23.8 Å². The fourth-order valence-electron chi connectivity index (χ4n) is 3.75. The summed E-state index contributed by atoms with van der Waals surface area (Å²) in [5.41, 5.74) is 1.81. The van der Waals surface area contributed by atoms with E-state index in [0.29, 0.717) is 62.1 Å². The van der Waals surface area contributed by atoms with Crippen LogP contribution in [0.4, 0.5) is 26.4 Å². The van der Waals surface area contributed by atoms with Crippen molar-refractivity contribution in [3.63, 3.8) is 0 Å². The number of hydrogen-bond donors (Lipinski definition) is 2. The second-order valence-corrected chi connectivity index (χ2v) is 7.63. The van der Waals surface area contributed by atoms with E-state index in [2.05, 4.69) is 20.2 Å². The summed E-state index contributed by atoms with van der Waals surface area (Å²) in [7, 11) is 0. The summed E-state index contributed by atoms with van der Waals surface area (Å²) in [6.45, 7) is 5.42. The number of piperidine rings is 1. The minimum absolute atomic E-state index is 0.124. The van der Waals surface area contributed by atoms with Crippen LogP contribution < -0.4 is 15.0 Å². The number of halogens is 1. The van der Waals surface area contributed by atoms with Gasteiger partial charge in [0.1, 0.15) is 24.1 Å². The maximum Gasteiger partial charge on any atom is 0.407 e. The molecule has 0 radical (unpaired) electrons. The average Bonchev–Trinajstić information content (AvgIpc) is 2.78. The molecule has 4 rings (SSSR count). The molecule has 2 aliphatic heterocycles. The molecule has 0 spiro atoms. The van der Waals surface area contributed by atoms with Crippen LogP contribution in [0.1, 0.15) is 18.4 Å². The highest BCUT2D eigenvalue weighted by Gasteiger charge is 2.24.